The van der Waals surface area contributed by atoms with E-state index in [0.717, 1.165) is 96.7 Å². The van der Waals surface area contributed by atoms with Gasteiger partial charge in [-0.2, -0.15) is 0 Å². The van der Waals surface area contributed by atoms with Crippen LogP contribution in [0.3, 0.4) is 0 Å². The Labute approximate surface area is 230 Å². The van der Waals surface area contributed by atoms with Crippen LogP contribution >= 0.6 is 0 Å². The van der Waals surface area contributed by atoms with E-state index in [1.807, 2.05) is 54.7 Å². The van der Waals surface area contributed by atoms with E-state index in [9.17, 15) is 9.59 Å². The third-order valence-corrected chi connectivity index (χ3v) is 9.95. The van der Waals surface area contributed by atoms with E-state index in [-0.39, 0.29) is 23.1 Å². The SMILES string of the molecule is O=C(Nc1ccc(-c2cnc(-c3ccc(NC(=O)C45CC6CC(CC(C6)C4)C5)cc3)[nH]2)cc1)C1CCCCC1. The van der Waals surface area contributed by atoms with Crippen LogP contribution in [0.5, 0.6) is 0 Å². The lowest BCUT2D eigenvalue weighted by Crippen LogP contribution is -2.51. The molecule has 1 aromatic heterocycles. The van der Waals surface area contributed by atoms with Gasteiger partial charge in [0.1, 0.15) is 5.82 Å². The summed E-state index contributed by atoms with van der Waals surface area (Å²) in [6, 6.07) is 15.9. The molecular weight excluding hydrogens is 484 g/mol. The molecule has 0 spiro atoms. The van der Waals surface area contributed by atoms with Crippen LogP contribution in [0.1, 0.15) is 70.6 Å². The maximum Gasteiger partial charge on any atom is 0.230 e. The largest absolute Gasteiger partial charge is 0.338 e. The van der Waals surface area contributed by atoms with Crippen LogP contribution in [0.2, 0.25) is 0 Å². The number of aromatic nitrogens is 2. The lowest BCUT2D eigenvalue weighted by atomic mass is 9.49. The monoisotopic (exact) mass is 522 g/mol. The average molecular weight is 523 g/mol. The van der Waals surface area contributed by atoms with Gasteiger partial charge in [-0.25, -0.2) is 4.98 Å². The van der Waals surface area contributed by atoms with Crippen LogP contribution < -0.4 is 10.6 Å². The van der Waals surface area contributed by atoms with Gasteiger partial charge in [0.15, 0.2) is 0 Å². The number of anilines is 2. The minimum atomic E-state index is -0.141. The molecule has 6 heteroatoms. The number of hydrogen-bond acceptors (Lipinski definition) is 3. The van der Waals surface area contributed by atoms with Gasteiger partial charge >= 0.3 is 0 Å². The van der Waals surface area contributed by atoms with Crippen molar-refractivity contribution in [2.75, 3.05) is 10.6 Å². The van der Waals surface area contributed by atoms with Crippen molar-refractivity contribution >= 4 is 23.2 Å². The van der Waals surface area contributed by atoms with Gasteiger partial charge in [-0.15, -0.1) is 0 Å². The van der Waals surface area contributed by atoms with E-state index in [0.29, 0.717) is 0 Å². The highest BCUT2D eigenvalue weighted by atomic mass is 16.2. The van der Waals surface area contributed by atoms with E-state index in [4.69, 9.17) is 0 Å². The molecule has 0 radical (unpaired) electrons. The molecule has 1 heterocycles. The fourth-order valence-corrected chi connectivity index (χ4v) is 8.32. The number of hydrogen-bond donors (Lipinski definition) is 3. The van der Waals surface area contributed by atoms with Crippen LogP contribution in [-0.2, 0) is 9.59 Å². The number of carbonyl (C=O) groups excluding carboxylic acids is 2. The number of nitrogens with one attached hydrogen (secondary N) is 3. The number of amides is 2. The second-order valence-electron chi connectivity index (χ2n) is 12.8. The number of nitrogens with zero attached hydrogens (tertiary/aromatic N) is 1. The van der Waals surface area contributed by atoms with Gasteiger partial charge in [0, 0.05) is 22.9 Å². The zero-order valence-corrected chi connectivity index (χ0v) is 22.5. The highest BCUT2D eigenvalue weighted by Gasteiger charge is 2.54. The normalized spacial score (nSPS) is 27.8. The van der Waals surface area contributed by atoms with Crippen LogP contribution in [0.25, 0.3) is 22.6 Å². The quantitative estimate of drug-likeness (QED) is 0.315. The van der Waals surface area contributed by atoms with Crippen molar-refractivity contribution in [3.05, 3.63) is 54.7 Å². The molecule has 6 nitrogen and oxygen atoms in total. The second-order valence-corrected chi connectivity index (χ2v) is 12.8. The van der Waals surface area contributed by atoms with Crippen molar-refractivity contribution in [1.29, 1.82) is 0 Å². The van der Waals surface area contributed by atoms with Crippen LogP contribution in [0.15, 0.2) is 54.7 Å². The number of H-pyrrole nitrogens is 1. The molecule has 0 saturated heterocycles. The van der Waals surface area contributed by atoms with Crippen molar-refractivity contribution in [1.82, 2.24) is 9.97 Å². The average Bonchev–Trinajstić information content (AvgIpc) is 3.44. The molecule has 5 aliphatic carbocycles. The van der Waals surface area contributed by atoms with Gasteiger partial charge in [-0.3, -0.25) is 9.59 Å². The first-order valence-electron chi connectivity index (χ1n) is 14.9. The Bertz CT molecular complexity index is 1320. The summed E-state index contributed by atoms with van der Waals surface area (Å²) in [7, 11) is 0. The lowest BCUT2D eigenvalue weighted by molar-refractivity contribution is -0.140. The van der Waals surface area contributed by atoms with Crippen molar-refractivity contribution < 1.29 is 9.59 Å². The first-order chi connectivity index (χ1) is 19.0. The minimum absolute atomic E-state index is 0.141. The fourth-order valence-electron chi connectivity index (χ4n) is 8.32. The molecule has 5 saturated carbocycles. The van der Waals surface area contributed by atoms with Gasteiger partial charge in [0.05, 0.1) is 17.3 Å². The maximum atomic E-state index is 13.4. The van der Waals surface area contributed by atoms with E-state index in [1.165, 1.54) is 25.7 Å². The number of rotatable bonds is 6. The molecule has 8 rings (SSSR count). The van der Waals surface area contributed by atoms with E-state index >= 15 is 0 Å². The van der Waals surface area contributed by atoms with E-state index in [2.05, 4.69) is 20.6 Å². The maximum absolute atomic E-state index is 13.4. The standard InChI is InChI=1S/C33H38N4O2/c38-31(26-4-2-1-3-5-26)35-27-10-6-24(7-11-27)29-20-34-30(37-29)25-8-12-28(13-9-25)36-32(39)33-17-21-14-22(18-33)16-23(15-21)19-33/h6-13,20-23,26H,1-5,14-19H2,(H,34,37)(H,35,38)(H,36,39). The summed E-state index contributed by atoms with van der Waals surface area (Å²) in [5, 5.41) is 6.33. The summed E-state index contributed by atoms with van der Waals surface area (Å²) in [6.07, 6.45) is 14.6. The Balaban J connectivity index is 0.984. The van der Waals surface area contributed by atoms with Crippen molar-refractivity contribution in [3.63, 3.8) is 0 Å². The third kappa shape index (κ3) is 4.90. The number of imidazole rings is 1. The zero-order chi connectivity index (χ0) is 26.4. The molecule has 2 amide bonds. The number of carbonyl (C=O) groups is 2. The highest BCUT2D eigenvalue weighted by molar-refractivity contribution is 5.96. The Morgan fingerprint density at radius 3 is 1.92 bits per heavy atom. The van der Waals surface area contributed by atoms with Crippen LogP contribution in [0.4, 0.5) is 11.4 Å². The second kappa shape index (κ2) is 9.96. The smallest absolute Gasteiger partial charge is 0.230 e. The molecule has 3 aromatic rings. The predicted octanol–water partition coefficient (Wildman–Crippen LogP) is 7.42. The summed E-state index contributed by atoms with van der Waals surface area (Å²) in [6.45, 7) is 0. The third-order valence-electron chi connectivity index (χ3n) is 9.95. The fraction of sp³-hybridized carbons (Fsp3) is 0.485. The molecule has 39 heavy (non-hydrogen) atoms. The molecule has 5 aliphatic rings. The Kier molecular flexibility index (Phi) is 6.29. The predicted molar refractivity (Wildman–Crippen MR) is 154 cm³/mol. The molecular formula is C33H38N4O2. The molecule has 0 unspecified atom stereocenters. The van der Waals surface area contributed by atoms with Crippen LogP contribution in [0, 0.1) is 29.1 Å². The molecule has 0 aliphatic heterocycles. The van der Waals surface area contributed by atoms with Gasteiger partial charge in [-0.1, -0.05) is 31.4 Å². The highest BCUT2D eigenvalue weighted by Crippen LogP contribution is 2.60. The van der Waals surface area contributed by atoms with E-state index in [1.54, 1.807) is 0 Å². The van der Waals surface area contributed by atoms with Gasteiger partial charge < -0.3 is 15.6 Å². The summed E-state index contributed by atoms with van der Waals surface area (Å²) in [5.74, 6) is 3.58. The molecule has 4 bridgehead atoms. The Morgan fingerprint density at radius 1 is 0.744 bits per heavy atom. The van der Waals surface area contributed by atoms with Gasteiger partial charge in [0.25, 0.3) is 0 Å². The zero-order valence-electron chi connectivity index (χ0n) is 22.5. The molecule has 2 aromatic carbocycles. The van der Waals surface area contributed by atoms with Gasteiger partial charge in [-0.05, 0) is 111 Å². The Hall–Kier alpha value is -3.41. The topological polar surface area (TPSA) is 86.9 Å². The summed E-state index contributed by atoms with van der Waals surface area (Å²) in [4.78, 5) is 34.0. The molecule has 3 N–H and O–H groups in total. The summed E-state index contributed by atoms with van der Waals surface area (Å²) < 4.78 is 0. The van der Waals surface area contributed by atoms with Gasteiger partial charge in [0.2, 0.25) is 11.8 Å². The Morgan fingerprint density at radius 2 is 1.31 bits per heavy atom. The van der Waals surface area contributed by atoms with Crippen molar-refractivity contribution in [2.24, 2.45) is 29.1 Å². The number of benzene rings is 2. The molecule has 5 fully saturated rings. The minimum Gasteiger partial charge on any atom is -0.338 e. The van der Waals surface area contributed by atoms with Crippen molar-refractivity contribution in [2.45, 2.75) is 70.6 Å². The van der Waals surface area contributed by atoms with Crippen molar-refractivity contribution in [3.8, 4) is 22.6 Å². The molecule has 202 valence electrons. The number of aromatic amines is 1. The first-order valence-corrected chi connectivity index (χ1v) is 14.9. The first kappa shape index (κ1) is 24.6. The molecule has 0 atom stereocenters. The summed E-state index contributed by atoms with van der Waals surface area (Å²) >= 11 is 0. The van der Waals surface area contributed by atoms with E-state index < -0.39 is 0 Å². The lowest BCUT2D eigenvalue weighted by Gasteiger charge is -2.55. The summed E-state index contributed by atoms with van der Waals surface area (Å²) in [5.41, 5.74) is 4.47. The van der Waals surface area contributed by atoms with Crippen LogP contribution in [-0.4, -0.2) is 21.8 Å².